The van der Waals surface area contributed by atoms with Crippen molar-refractivity contribution in [2.45, 2.75) is 38.1 Å². The number of anilines is 1. The van der Waals surface area contributed by atoms with Crippen LogP contribution in [0.15, 0.2) is 18.2 Å². The van der Waals surface area contributed by atoms with Crippen LogP contribution in [0.2, 0.25) is 5.02 Å². The van der Waals surface area contributed by atoms with E-state index in [2.05, 4.69) is 5.32 Å². The predicted octanol–water partition coefficient (Wildman–Crippen LogP) is 4.48. The van der Waals surface area contributed by atoms with Gasteiger partial charge in [-0.2, -0.15) is 0 Å². The Balaban J connectivity index is 1.57. The van der Waals surface area contributed by atoms with Crippen molar-refractivity contribution >= 4 is 23.0 Å². The molecule has 3 aliphatic rings. The molecule has 5 atom stereocenters. The Morgan fingerprint density at radius 2 is 2.00 bits per heavy atom. The van der Waals surface area contributed by atoms with Crippen molar-refractivity contribution in [3.05, 3.63) is 33.3 Å². The third-order valence-electron chi connectivity index (χ3n) is 5.92. The van der Waals surface area contributed by atoms with Crippen molar-refractivity contribution in [2.24, 2.45) is 23.7 Å². The molecule has 1 aromatic rings. The molecule has 0 aromatic heterocycles. The first kappa shape index (κ1) is 13.4. The Labute approximate surface area is 129 Å². The molecule has 3 aliphatic carbocycles. The van der Waals surface area contributed by atoms with Gasteiger partial charge >= 0.3 is 0 Å². The summed E-state index contributed by atoms with van der Waals surface area (Å²) in [5.41, 5.74) is 0.713. The molecule has 0 amide bonds. The van der Waals surface area contributed by atoms with Gasteiger partial charge in [0.15, 0.2) is 0 Å². The lowest BCUT2D eigenvalue weighted by Crippen LogP contribution is -2.34. The van der Waals surface area contributed by atoms with E-state index < -0.39 is 0 Å². The number of rotatable bonds is 3. The molecule has 5 unspecified atom stereocenters. The predicted molar refractivity (Wildman–Crippen MR) is 82.6 cm³/mol. The first-order valence-corrected chi connectivity index (χ1v) is 8.22. The smallest absolute Gasteiger partial charge is 0.292 e. The number of nitro benzene ring substituents is 1. The highest BCUT2D eigenvalue weighted by atomic mass is 35.5. The molecule has 0 spiro atoms. The Morgan fingerprint density at radius 3 is 2.81 bits per heavy atom. The first-order chi connectivity index (χ1) is 10.1. The second-order valence-corrected chi connectivity index (χ2v) is 7.26. The molecular weight excluding hydrogens is 288 g/mol. The lowest BCUT2D eigenvalue weighted by atomic mass is 9.79. The average Bonchev–Trinajstić information content (AvgIpc) is 3.09. The molecule has 3 saturated carbocycles. The van der Waals surface area contributed by atoms with E-state index in [4.69, 9.17) is 11.6 Å². The van der Waals surface area contributed by atoms with Crippen molar-refractivity contribution in [3.63, 3.8) is 0 Å². The minimum atomic E-state index is -0.329. The Hall–Kier alpha value is -1.29. The highest BCUT2D eigenvalue weighted by Gasteiger charge is 2.53. The summed E-state index contributed by atoms with van der Waals surface area (Å²) in [6.45, 7) is 0. The largest absolute Gasteiger partial charge is 0.376 e. The Morgan fingerprint density at radius 1 is 1.19 bits per heavy atom. The van der Waals surface area contributed by atoms with Gasteiger partial charge in [0.25, 0.3) is 5.69 Å². The summed E-state index contributed by atoms with van der Waals surface area (Å²) < 4.78 is 0. The number of benzene rings is 1. The molecule has 0 radical (unpaired) electrons. The summed E-state index contributed by atoms with van der Waals surface area (Å²) in [5, 5.41) is 15.2. The van der Waals surface area contributed by atoms with E-state index in [9.17, 15) is 10.1 Å². The fourth-order valence-corrected chi connectivity index (χ4v) is 5.39. The molecule has 0 saturated heterocycles. The van der Waals surface area contributed by atoms with E-state index in [1.54, 1.807) is 12.1 Å². The number of nitro groups is 1. The minimum absolute atomic E-state index is 0.130. The number of nitrogens with one attached hydrogen (secondary N) is 1. The molecule has 112 valence electrons. The average molecular weight is 307 g/mol. The van der Waals surface area contributed by atoms with Crippen LogP contribution in [0.1, 0.15) is 32.1 Å². The molecule has 2 bridgehead atoms. The molecule has 5 heteroatoms. The zero-order chi connectivity index (χ0) is 14.6. The van der Waals surface area contributed by atoms with Gasteiger partial charge in [-0.1, -0.05) is 18.0 Å². The maximum absolute atomic E-state index is 11.2. The molecule has 4 nitrogen and oxygen atoms in total. The monoisotopic (exact) mass is 306 g/mol. The zero-order valence-corrected chi connectivity index (χ0v) is 12.6. The molecule has 0 aliphatic heterocycles. The maximum atomic E-state index is 11.2. The third kappa shape index (κ3) is 2.11. The minimum Gasteiger partial charge on any atom is -0.376 e. The summed E-state index contributed by atoms with van der Waals surface area (Å²) in [4.78, 5) is 10.8. The van der Waals surface area contributed by atoms with Crippen LogP contribution in [0.25, 0.3) is 0 Å². The summed E-state index contributed by atoms with van der Waals surface area (Å²) in [6, 6.07) is 5.15. The van der Waals surface area contributed by atoms with Crippen molar-refractivity contribution in [1.29, 1.82) is 0 Å². The van der Waals surface area contributed by atoms with Crippen molar-refractivity contribution in [2.75, 3.05) is 5.32 Å². The second kappa shape index (κ2) is 4.87. The van der Waals surface area contributed by atoms with E-state index >= 15 is 0 Å². The normalized spacial score (nSPS) is 36.7. The van der Waals surface area contributed by atoms with Crippen LogP contribution in [0.5, 0.6) is 0 Å². The van der Waals surface area contributed by atoms with E-state index in [-0.39, 0.29) is 10.6 Å². The van der Waals surface area contributed by atoms with Gasteiger partial charge < -0.3 is 5.32 Å². The van der Waals surface area contributed by atoms with E-state index in [1.165, 1.54) is 31.7 Å². The van der Waals surface area contributed by atoms with Gasteiger partial charge in [-0.05, 0) is 61.5 Å². The number of hydrogen-bond acceptors (Lipinski definition) is 3. The Kier molecular flexibility index (Phi) is 3.10. The highest BCUT2D eigenvalue weighted by Crippen LogP contribution is 2.59. The zero-order valence-electron chi connectivity index (χ0n) is 11.8. The van der Waals surface area contributed by atoms with Crippen molar-refractivity contribution in [3.8, 4) is 0 Å². The molecule has 3 fully saturated rings. The van der Waals surface area contributed by atoms with Crippen molar-refractivity contribution in [1.82, 2.24) is 0 Å². The standard InChI is InChI=1S/C16H19ClN2O2/c17-10-4-5-16(19(20)21)15(8-10)18-14-7-9-6-13(14)12-3-1-2-11(9)12/h4-5,8-9,11-14,18H,1-3,6-7H2. The fraction of sp³-hybridized carbons (Fsp3) is 0.625. The number of fused-ring (bicyclic) bond motifs is 5. The molecule has 21 heavy (non-hydrogen) atoms. The van der Waals surface area contributed by atoms with E-state index in [0.29, 0.717) is 22.7 Å². The highest BCUT2D eigenvalue weighted by molar-refractivity contribution is 6.31. The maximum Gasteiger partial charge on any atom is 0.292 e. The van der Waals surface area contributed by atoms with Crippen LogP contribution in [0.3, 0.4) is 0 Å². The first-order valence-electron chi connectivity index (χ1n) is 7.84. The SMILES string of the molecule is O=[N+]([O-])c1ccc(Cl)cc1NC1CC2CC1C1CCCC21. The molecule has 4 rings (SSSR count). The summed E-state index contributed by atoms with van der Waals surface area (Å²) in [7, 11) is 0. The van der Waals surface area contributed by atoms with Crippen LogP contribution in [-0.4, -0.2) is 11.0 Å². The van der Waals surface area contributed by atoms with Gasteiger partial charge in [-0.3, -0.25) is 10.1 Å². The molecule has 0 heterocycles. The summed E-state index contributed by atoms with van der Waals surface area (Å²) >= 11 is 6.01. The lowest BCUT2D eigenvalue weighted by molar-refractivity contribution is -0.384. The van der Waals surface area contributed by atoms with Gasteiger partial charge in [0.2, 0.25) is 0 Å². The fourth-order valence-electron chi connectivity index (χ4n) is 5.22. The van der Waals surface area contributed by atoms with Crippen LogP contribution < -0.4 is 5.32 Å². The lowest BCUT2D eigenvalue weighted by Gasteiger charge is -2.32. The van der Waals surface area contributed by atoms with Gasteiger partial charge in [-0.25, -0.2) is 0 Å². The van der Waals surface area contributed by atoms with Gasteiger partial charge in [0, 0.05) is 17.1 Å². The third-order valence-corrected chi connectivity index (χ3v) is 6.16. The quantitative estimate of drug-likeness (QED) is 0.661. The van der Waals surface area contributed by atoms with Crippen LogP contribution in [-0.2, 0) is 0 Å². The van der Waals surface area contributed by atoms with Gasteiger partial charge in [0.05, 0.1) is 4.92 Å². The number of hydrogen-bond donors (Lipinski definition) is 1. The van der Waals surface area contributed by atoms with Crippen LogP contribution in [0.4, 0.5) is 11.4 Å². The van der Waals surface area contributed by atoms with E-state index in [1.807, 2.05) is 0 Å². The van der Waals surface area contributed by atoms with E-state index in [0.717, 1.165) is 24.2 Å². The second-order valence-electron chi connectivity index (χ2n) is 6.82. The van der Waals surface area contributed by atoms with Crippen molar-refractivity contribution < 1.29 is 4.92 Å². The molecule has 1 N–H and O–H groups in total. The Bertz CT molecular complexity index is 592. The van der Waals surface area contributed by atoms with Crippen LogP contribution >= 0.6 is 11.6 Å². The van der Waals surface area contributed by atoms with Gasteiger partial charge in [0.1, 0.15) is 5.69 Å². The number of halogens is 1. The number of nitrogens with zero attached hydrogens (tertiary/aromatic N) is 1. The summed E-state index contributed by atoms with van der Waals surface area (Å²) in [5.74, 6) is 3.31. The van der Waals surface area contributed by atoms with Gasteiger partial charge in [-0.15, -0.1) is 0 Å². The molecular formula is C16H19ClN2O2. The molecule has 1 aromatic carbocycles. The topological polar surface area (TPSA) is 55.2 Å². The summed E-state index contributed by atoms with van der Waals surface area (Å²) in [6.07, 6.45) is 6.58. The van der Waals surface area contributed by atoms with Crippen LogP contribution in [0, 0.1) is 33.8 Å².